The van der Waals surface area contributed by atoms with Gasteiger partial charge in [-0.2, -0.15) is 24.8 Å². The Morgan fingerprint density at radius 2 is 1.37 bits per heavy atom. The predicted molar refractivity (Wildman–Crippen MR) is 273 cm³/mol. The maximum Gasteiger partial charge on any atom is 0.350 e. The Labute approximate surface area is 431 Å². The molecular formula is C42H34Br4F3N15O6S. The van der Waals surface area contributed by atoms with E-state index in [1.54, 1.807) is 56.0 Å². The van der Waals surface area contributed by atoms with Crippen LogP contribution in [-0.4, -0.2) is 80.5 Å². The van der Waals surface area contributed by atoms with Crippen molar-refractivity contribution in [2.24, 2.45) is 30.0 Å². The lowest BCUT2D eigenvalue weighted by molar-refractivity contribution is 0.400. The molecule has 9 heterocycles. The molecule has 1 aromatic carbocycles. The molecule has 0 aliphatic carbocycles. The third kappa shape index (κ3) is 13.8. The van der Waals surface area contributed by atoms with E-state index in [-0.39, 0.29) is 28.6 Å². The van der Waals surface area contributed by atoms with Crippen LogP contribution in [0, 0.1) is 17.6 Å². The minimum absolute atomic E-state index is 0.0607. The minimum Gasteiger partial charge on any atom is -0.480 e. The van der Waals surface area contributed by atoms with Gasteiger partial charge in [0.1, 0.15) is 22.2 Å². The average Bonchev–Trinajstić information content (AvgIpc) is 3.96. The summed E-state index contributed by atoms with van der Waals surface area (Å²) in [6.45, 7) is 0. The molecule has 1 aliphatic rings. The van der Waals surface area contributed by atoms with Crippen LogP contribution in [0.5, 0.6) is 5.88 Å². The number of anilines is 1. The number of benzene rings is 1. The van der Waals surface area contributed by atoms with Crippen LogP contribution in [0.4, 0.5) is 18.9 Å². The topological polar surface area (TPSA) is 261 Å². The number of aliphatic imine (C=N–C) groups is 1. The van der Waals surface area contributed by atoms with Crippen molar-refractivity contribution in [3.05, 3.63) is 177 Å². The first kappa shape index (κ1) is 53.3. The van der Waals surface area contributed by atoms with Gasteiger partial charge >= 0.3 is 17.1 Å². The Kier molecular flexibility index (Phi) is 17.8. The van der Waals surface area contributed by atoms with E-state index < -0.39 is 32.5 Å². The van der Waals surface area contributed by atoms with Crippen LogP contribution < -0.4 is 32.4 Å². The Morgan fingerprint density at radius 3 is 1.94 bits per heavy atom. The highest BCUT2D eigenvalue weighted by Gasteiger charge is 2.22. The summed E-state index contributed by atoms with van der Waals surface area (Å²) in [7, 11) is 0.0281. The van der Waals surface area contributed by atoms with Crippen LogP contribution >= 0.6 is 63.7 Å². The van der Waals surface area contributed by atoms with Gasteiger partial charge in [-0.1, -0.05) is 6.08 Å². The van der Waals surface area contributed by atoms with Gasteiger partial charge in [0.05, 0.1) is 7.11 Å². The summed E-state index contributed by atoms with van der Waals surface area (Å²) in [6, 6.07) is 17.0. The quantitative estimate of drug-likeness (QED) is 0.0918. The number of aryl methyl sites for hydroxylation is 2. The molecule has 1 aliphatic heterocycles. The summed E-state index contributed by atoms with van der Waals surface area (Å²) >= 11 is 12.9. The summed E-state index contributed by atoms with van der Waals surface area (Å²) in [5.74, 6) is 2.99. The van der Waals surface area contributed by atoms with E-state index in [2.05, 4.69) is 109 Å². The number of methoxy groups -OCH3 is 1. The second kappa shape index (κ2) is 23.7. The number of aromatic amines is 1. The number of allylic oxidation sites excluding steroid dienone is 1. The highest BCUT2D eigenvalue weighted by atomic mass is 79.9. The predicted octanol–water partition coefficient (Wildman–Crippen LogP) is 6.76. The van der Waals surface area contributed by atoms with E-state index >= 15 is 0 Å². The molecule has 0 unspecified atom stereocenters. The molecule has 0 spiro atoms. The number of nitrogens with one attached hydrogen (secondary N) is 2. The number of nitrogens with two attached hydrogens (primary N) is 1. The van der Waals surface area contributed by atoms with E-state index in [0.717, 1.165) is 30.0 Å². The first-order valence-corrected chi connectivity index (χ1v) is 24.4. The minimum atomic E-state index is -4.41. The largest absolute Gasteiger partial charge is 0.480 e. The zero-order valence-corrected chi connectivity index (χ0v) is 43.8. The number of hydrazone groups is 1. The Balaban J connectivity index is 0.000000167. The molecule has 8 aromatic heterocycles. The third-order valence-corrected chi connectivity index (χ3v) is 12.5. The van der Waals surface area contributed by atoms with Crippen LogP contribution in [0.1, 0.15) is 6.42 Å². The monoisotopic (exact) mass is 1250 g/mol. The Morgan fingerprint density at radius 1 is 0.746 bits per heavy atom. The van der Waals surface area contributed by atoms with E-state index in [9.17, 15) is 36.0 Å². The van der Waals surface area contributed by atoms with Crippen molar-refractivity contribution in [3.63, 3.8) is 0 Å². The highest BCUT2D eigenvalue weighted by Crippen LogP contribution is 2.31. The summed E-state index contributed by atoms with van der Waals surface area (Å²) < 4.78 is 82.0. The smallest absolute Gasteiger partial charge is 0.350 e. The maximum atomic E-state index is 14.0. The van der Waals surface area contributed by atoms with Gasteiger partial charge in [-0.3, -0.25) is 4.72 Å². The van der Waals surface area contributed by atoms with Gasteiger partial charge < -0.3 is 10.6 Å². The number of pyridine rings is 5. The lowest BCUT2D eigenvalue weighted by atomic mass is 10.1. The van der Waals surface area contributed by atoms with Crippen LogP contribution in [0.3, 0.4) is 0 Å². The summed E-state index contributed by atoms with van der Waals surface area (Å²) in [6.07, 6.45) is 12.1. The Hall–Kier alpha value is -7.08. The fraction of sp³-hybridized carbons (Fsp3) is 0.0952. The van der Waals surface area contributed by atoms with Gasteiger partial charge in [-0.15, -0.1) is 0 Å². The number of nitrogens with zero attached hydrogens (tertiary/aromatic N) is 12. The number of halogens is 7. The molecule has 0 fully saturated rings. The SMILES string of the molecule is COc1ncc(-c2ccc3nn(C)c(=O)n3c2)cc1NS(=O)(=O)c1ccc(F)cc1F.Cn1nc2ccc(Br)cn2c1=O.Fc1ccc(Br)cn1.NN=C1CC=C(Br)C=N1.O=c1[nH]nc2ccc(Br)cn12. The molecule has 4 N–H and O–H groups in total. The first-order valence-electron chi connectivity index (χ1n) is 19.7. The van der Waals surface area contributed by atoms with E-state index in [0.29, 0.717) is 46.4 Å². The molecule has 368 valence electrons. The van der Waals surface area contributed by atoms with Crippen molar-refractivity contribution in [2.45, 2.75) is 11.3 Å². The van der Waals surface area contributed by atoms with Gasteiger partial charge in [0.25, 0.3) is 10.0 Å². The zero-order chi connectivity index (χ0) is 51.6. The number of hydrogen-bond donors (Lipinski definition) is 3. The summed E-state index contributed by atoms with van der Waals surface area (Å²) in [5, 5.41) is 17.6. The molecule has 0 bridgehead atoms. The first-order chi connectivity index (χ1) is 33.8. The molecule has 21 nitrogen and oxygen atoms in total. The summed E-state index contributed by atoms with van der Waals surface area (Å²) in [5.41, 5.74) is 1.94. The maximum absolute atomic E-state index is 14.0. The fourth-order valence-electron chi connectivity index (χ4n) is 5.80. The number of fused-ring (bicyclic) bond motifs is 3. The van der Waals surface area contributed by atoms with Gasteiger partial charge in [-0.25, -0.2) is 74.2 Å². The molecule has 0 radical (unpaired) electrons. The lowest BCUT2D eigenvalue weighted by Crippen LogP contribution is -2.17. The average molecular weight is 1250 g/mol. The number of sulfonamides is 1. The van der Waals surface area contributed by atoms with Crippen molar-refractivity contribution < 1.29 is 26.3 Å². The van der Waals surface area contributed by atoms with Crippen molar-refractivity contribution in [1.29, 1.82) is 0 Å². The molecule has 71 heavy (non-hydrogen) atoms. The lowest BCUT2D eigenvalue weighted by Gasteiger charge is -2.13. The van der Waals surface area contributed by atoms with Crippen LogP contribution in [0.2, 0.25) is 0 Å². The van der Waals surface area contributed by atoms with Crippen molar-refractivity contribution in [1.82, 2.24) is 52.9 Å². The van der Waals surface area contributed by atoms with Gasteiger partial charge in [0.2, 0.25) is 11.8 Å². The van der Waals surface area contributed by atoms with Crippen LogP contribution in [0.15, 0.2) is 157 Å². The fourth-order valence-corrected chi connectivity index (χ4v) is 8.08. The van der Waals surface area contributed by atoms with Crippen LogP contribution in [-0.2, 0) is 24.1 Å². The van der Waals surface area contributed by atoms with Gasteiger partial charge in [0.15, 0.2) is 22.8 Å². The summed E-state index contributed by atoms with van der Waals surface area (Å²) in [4.78, 5) is 45.1. The zero-order valence-electron chi connectivity index (χ0n) is 36.6. The number of aromatic nitrogens is 11. The van der Waals surface area contributed by atoms with Crippen LogP contribution in [0.25, 0.3) is 28.1 Å². The van der Waals surface area contributed by atoms with Gasteiger partial charge in [-0.05, 0) is 130 Å². The van der Waals surface area contributed by atoms with E-state index in [4.69, 9.17) is 10.6 Å². The molecule has 10 rings (SSSR count). The number of ether oxygens (including phenoxy) is 1. The standard InChI is InChI=1S/C19H15F2N5O4S.C7H6BrN3O.C6H4BrN3O.C5H3BrFN.C5H6BrN3/c1-25-19(27)26-10-11(3-6-17(26)23-25)12-7-15(18(30-2)22-9-12)24-31(28,29)16-5-4-13(20)8-14(16)21;1-10-7(12)11-4-5(8)2-3-6(11)9-10;7-4-1-2-5-8-9-6(11)10(5)3-4;6-4-1-2-5(7)8-3-4;6-4-1-2-5(9-7)8-3-4/h3-10,24H,1-2H3;2-4H,1H3;1-3H,(H,9,11);1-3H;1,3H,2,7H2. The van der Waals surface area contributed by atoms with Crippen molar-refractivity contribution in [3.8, 4) is 17.0 Å². The number of dihydropyridines is 1. The number of hydrogen-bond acceptors (Lipinski definition) is 13. The molecule has 9 aromatic rings. The number of rotatable bonds is 5. The van der Waals surface area contributed by atoms with Gasteiger partial charge in [0, 0.05) is 92.8 Å². The normalized spacial score (nSPS) is 12.4. The second-order valence-corrected chi connectivity index (χ2v) is 19.3. The molecular weight excluding hydrogens is 1220 g/mol. The second-order valence-electron chi connectivity index (χ2n) is 14.0. The number of H-pyrrole nitrogens is 1. The molecule has 0 saturated carbocycles. The molecule has 0 saturated heterocycles. The molecule has 0 atom stereocenters. The molecule has 0 amide bonds. The van der Waals surface area contributed by atoms with E-state index in [1.165, 1.54) is 67.4 Å². The van der Waals surface area contributed by atoms with Crippen molar-refractivity contribution in [2.75, 3.05) is 11.8 Å². The van der Waals surface area contributed by atoms with Crippen molar-refractivity contribution >= 4 is 108 Å². The highest BCUT2D eigenvalue weighted by molar-refractivity contribution is 9.12. The Bertz CT molecular complexity index is 3760. The van der Waals surface area contributed by atoms with E-state index in [1.807, 2.05) is 18.2 Å². The molecule has 29 heteroatoms. The third-order valence-electron chi connectivity index (χ3n) is 9.13. The number of amidine groups is 1.